The second-order valence-corrected chi connectivity index (χ2v) is 3.46. The van der Waals surface area contributed by atoms with Crippen LogP contribution in [0.5, 0.6) is 0 Å². The summed E-state index contributed by atoms with van der Waals surface area (Å²) >= 11 is 0. The number of rotatable bonds is 4. The van der Waals surface area contributed by atoms with Gasteiger partial charge < -0.3 is 15.4 Å². The number of aliphatic carboxylic acids is 1. The van der Waals surface area contributed by atoms with Gasteiger partial charge in [-0.25, -0.2) is 4.79 Å². The molecule has 0 aliphatic rings. The summed E-state index contributed by atoms with van der Waals surface area (Å²) in [5.74, 6) is -0.981. The smallest absolute Gasteiger partial charge is 0.327 e. The molecule has 0 radical (unpaired) electrons. The molecular weight excluding hydrogens is 228 g/mol. The normalized spacial score (nSPS) is 9.11. The van der Waals surface area contributed by atoms with Crippen LogP contribution in [0.4, 0.5) is 5.69 Å². The first-order valence-electron chi connectivity index (χ1n) is 5.45. The van der Waals surface area contributed by atoms with E-state index in [0.717, 1.165) is 23.8 Å². The maximum Gasteiger partial charge on any atom is 0.327 e. The average Bonchev–Trinajstić information content (AvgIpc) is 2.80. The number of nitrogens with one attached hydrogen (secondary N) is 2. The third kappa shape index (κ3) is 3.83. The van der Waals surface area contributed by atoms with Crippen LogP contribution < -0.4 is 5.32 Å². The fraction of sp³-hybridized carbons (Fsp3) is 0.0714. The topological polar surface area (TPSA) is 65.1 Å². The largest absolute Gasteiger partial charge is 0.478 e. The molecule has 4 heteroatoms. The lowest BCUT2D eigenvalue weighted by molar-refractivity contribution is -0.131. The molecule has 0 saturated carbocycles. The van der Waals surface area contributed by atoms with Crippen LogP contribution in [0.25, 0.3) is 10.9 Å². The number of hydrogen-bond donors (Lipinski definition) is 3. The zero-order chi connectivity index (χ0) is 13.4. The van der Waals surface area contributed by atoms with Crippen LogP contribution >= 0.6 is 0 Å². The van der Waals surface area contributed by atoms with E-state index in [0.29, 0.717) is 0 Å². The van der Waals surface area contributed by atoms with Gasteiger partial charge in [0.15, 0.2) is 0 Å². The minimum Gasteiger partial charge on any atom is -0.478 e. The summed E-state index contributed by atoms with van der Waals surface area (Å²) in [6.07, 6.45) is 4.66. The summed E-state index contributed by atoms with van der Waals surface area (Å²) in [7, 11) is 0. The monoisotopic (exact) mass is 244 g/mol. The van der Waals surface area contributed by atoms with Gasteiger partial charge in [0, 0.05) is 29.7 Å². The van der Waals surface area contributed by atoms with E-state index in [9.17, 15) is 4.79 Å². The second kappa shape index (κ2) is 6.96. The van der Waals surface area contributed by atoms with Crippen molar-refractivity contribution in [3.63, 3.8) is 0 Å². The van der Waals surface area contributed by atoms with Gasteiger partial charge in [-0.15, -0.1) is 6.58 Å². The molecule has 18 heavy (non-hydrogen) atoms. The van der Waals surface area contributed by atoms with E-state index in [4.69, 9.17) is 5.11 Å². The Kier molecular flexibility index (Phi) is 5.25. The molecule has 2 aromatic rings. The quantitative estimate of drug-likeness (QED) is 0.572. The van der Waals surface area contributed by atoms with E-state index < -0.39 is 5.97 Å². The molecule has 0 spiro atoms. The van der Waals surface area contributed by atoms with E-state index in [1.807, 2.05) is 24.4 Å². The van der Waals surface area contributed by atoms with Crippen molar-refractivity contribution in [2.45, 2.75) is 0 Å². The fourth-order valence-electron chi connectivity index (χ4n) is 1.40. The van der Waals surface area contributed by atoms with Crippen molar-refractivity contribution in [3.8, 4) is 0 Å². The highest BCUT2D eigenvalue weighted by Crippen LogP contribution is 2.21. The van der Waals surface area contributed by atoms with Crippen molar-refractivity contribution in [1.29, 1.82) is 0 Å². The first kappa shape index (κ1) is 13.6. The molecule has 1 aromatic carbocycles. The lowest BCUT2D eigenvalue weighted by atomic mass is 10.2. The lowest BCUT2D eigenvalue weighted by Crippen LogP contribution is -1.95. The van der Waals surface area contributed by atoms with Gasteiger partial charge in [0.2, 0.25) is 0 Å². The SMILES string of the molecule is C=CC(=O)O.C=CCNc1c[nH]c2ccccc12. The number of fused-ring (bicyclic) bond motifs is 1. The first-order valence-corrected chi connectivity index (χ1v) is 5.45. The highest BCUT2D eigenvalue weighted by atomic mass is 16.4. The predicted octanol–water partition coefficient (Wildman–Crippen LogP) is 3.02. The number of aromatic amines is 1. The van der Waals surface area contributed by atoms with E-state index in [2.05, 4.69) is 35.6 Å². The summed E-state index contributed by atoms with van der Waals surface area (Å²) in [5, 5.41) is 12.1. The number of carboxylic acids is 1. The zero-order valence-corrected chi connectivity index (χ0v) is 10.0. The van der Waals surface area contributed by atoms with E-state index in [1.54, 1.807) is 0 Å². The Morgan fingerprint density at radius 1 is 1.39 bits per heavy atom. The minimum atomic E-state index is -0.981. The highest BCUT2D eigenvalue weighted by molar-refractivity contribution is 5.92. The van der Waals surface area contributed by atoms with Gasteiger partial charge in [0.25, 0.3) is 0 Å². The number of carbonyl (C=O) groups is 1. The second-order valence-electron chi connectivity index (χ2n) is 3.46. The van der Waals surface area contributed by atoms with Gasteiger partial charge in [0.05, 0.1) is 5.69 Å². The molecule has 0 aliphatic carbocycles. The molecule has 0 saturated heterocycles. The number of anilines is 1. The van der Waals surface area contributed by atoms with Crippen molar-refractivity contribution in [2.75, 3.05) is 11.9 Å². The Hall–Kier alpha value is -2.49. The zero-order valence-electron chi connectivity index (χ0n) is 10.0. The lowest BCUT2D eigenvalue weighted by Gasteiger charge is -1.99. The Bertz CT molecular complexity index is 543. The first-order chi connectivity index (χ1) is 8.69. The van der Waals surface area contributed by atoms with Gasteiger partial charge in [-0.1, -0.05) is 30.9 Å². The Morgan fingerprint density at radius 2 is 2.06 bits per heavy atom. The molecule has 0 bridgehead atoms. The van der Waals surface area contributed by atoms with Crippen molar-refractivity contribution >= 4 is 22.6 Å². The predicted molar refractivity (Wildman–Crippen MR) is 74.8 cm³/mol. The molecule has 94 valence electrons. The standard InChI is InChI=1S/C11H12N2.C3H4O2/c1-2-7-12-11-8-13-10-6-4-3-5-9(10)11;1-2-3(4)5/h2-6,8,12-13H,1,7H2;2H,1H2,(H,4,5). The Balaban J connectivity index is 0.000000280. The Morgan fingerprint density at radius 3 is 2.67 bits per heavy atom. The van der Waals surface area contributed by atoms with Gasteiger partial charge in [-0.05, 0) is 6.07 Å². The molecule has 0 atom stereocenters. The number of para-hydroxylation sites is 1. The Labute approximate surface area is 106 Å². The summed E-state index contributed by atoms with van der Waals surface area (Å²) in [6, 6.07) is 8.22. The molecule has 3 N–H and O–H groups in total. The van der Waals surface area contributed by atoms with Crippen LogP contribution in [0.2, 0.25) is 0 Å². The molecule has 0 amide bonds. The van der Waals surface area contributed by atoms with Crippen molar-refractivity contribution in [2.24, 2.45) is 0 Å². The molecule has 4 nitrogen and oxygen atoms in total. The van der Waals surface area contributed by atoms with Gasteiger partial charge in [0.1, 0.15) is 0 Å². The summed E-state index contributed by atoms with van der Waals surface area (Å²) < 4.78 is 0. The van der Waals surface area contributed by atoms with Crippen LogP contribution in [-0.2, 0) is 4.79 Å². The number of hydrogen-bond acceptors (Lipinski definition) is 2. The molecule has 1 heterocycles. The van der Waals surface area contributed by atoms with Gasteiger partial charge in [-0.3, -0.25) is 0 Å². The molecule has 0 aliphatic heterocycles. The minimum absolute atomic E-state index is 0.793. The molecule has 0 fully saturated rings. The fourth-order valence-corrected chi connectivity index (χ4v) is 1.40. The van der Waals surface area contributed by atoms with Crippen LogP contribution in [0.1, 0.15) is 0 Å². The van der Waals surface area contributed by atoms with Crippen molar-refractivity contribution in [1.82, 2.24) is 4.98 Å². The van der Waals surface area contributed by atoms with Crippen LogP contribution in [0.3, 0.4) is 0 Å². The summed E-state index contributed by atoms with van der Waals surface area (Å²) in [4.78, 5) is 12.5. The molecular formula is C14H16N2O2. The number of H-pyrrole nitrogens is 1. The maximum atomic E-state index is 9.25. The number of carboxylic acid groups (broad SMARTS) is 1. The summed E-state index contributed by atoms with van der Waals surface area (Å²) in [6.45, 7) is 7.42. The van der Waals surface area contributed by atoms with Gasteiger partial charge >= 0.3 is 5.97 Å². The van der Waals surface area contributed by atoms with Crippen LogP contribution in [0, 0.1) is 0 Å². The van der Waals surface area contributed by atoms with Gasteiger partial charge in [-0.2, -0.15) is 0 Å². The third-order valence-corrected chi connectivity index (χ3v) is 2.20. The molecule has 0 unspecified atom stereocenters. The highest BCUT2D eigenvalue weighted by Gasteiger charge is 1.99. The number of benzene rings is 1. The van der Waals surface area contributed by atoms with E-state index in [-0.39, 0.29) is 0 Å². The third-order valence-electron chi connectivity index (χ3n) is 2.20. The van der Waals surface area contributed by atoms with Crippen molar-refractivity contribution < 1.29 is 9.90 Å². The van der Waals surface area contributed by atoms with Crippen LogP contribution in [0.15, 0.2) is 55.8 Å². The average molecular weight is 244 g/mol. The van der Waals surface area contributed by atoms with E-state index >= 15 is 0 Å². The number of aromatic nitrogens is 1. The summed E-state index contributed by atoms with van der Waals surface area (Å²) in [5.41, 5.74) is 2.30. The molecule has 2 rings (SSSR count). The molecule has 1 aromatic heterocycles. The maximum absolute atomic E-state index is 9.25. The van der Waals surface area contributed by atoms with Crippen molar-refractivity contribution in [3.05, 3.63) is 55.8 Å². The van der Waals surface area contributed by atoms with E-state index in [1.165, 1.54) is 5.39 Å². The van der Waals surface area contributed by atoms with Crippen LogP contribution in [-0.4, -0.2) is 22.6 Å².